The molecule has 1 aromatic rings. The van der Waals surface area contributed by atoms with Crippen molar-refractivity contribution >= 4 is 35.3 Å². The summed E-state index contributed by atoms with van der Waals surface area (Å²) in [4.78, 5) is 81.2. The highest BCUT2D eigenvalue weighted by atomic mass is 19.1. The van der Waals surface area contributed by atoms with Crippen LogP contribution >= 0.6 is 0 Å². The number of nitrogen functional groups attached to an aromatic ring is 1. The Bertz CT molecular complexity index is 2230. The number of ether oxygens (including phenoxy) is 3. The largest absolute Gasteiger partial charge is 0.481 e. The number of nitrogens with two attached hydrogens (primary N) is 1. The number of hydrogen-bond acceptors (Lipinski definition) is 21. The second-order valence-corrected chi connectivity index (χ2v) is 19.9. The number of ketones is 2. The first-order chi connectivity index (χ1) is 32.4. The second-order valence-electron chi connectivity index (χ2n) is 19.9. The topological polar surface area (TPSA) is 349 Å². The molecule has 4 aliphatic carbocycles. The zero-order valence-electron chi connectivity index (χ0n) is 38.5. The highest BCUT2D eigenvalue weighted by Gasteiger charge is 2.75. The Hall–Kier alpha value is -4.64. The summed E-state index contributed by atoms with van der Waals surface area (Å²) in [6, 6.07) is 1.37. The number of aliphatic hydroxyl groups excluding tert-OH is 5. The second kappa shape index (κ2) is 19.5. The molecule has 11 rings (SSSR count). The number of rotatable bonds is 8. The van der Waals surface area contributed by atoms with Crippen LogP contribution in [0.3, 0.4) is 0 Å². The molecular formula is C44H62FN7O17. The normalized spacial score (nSPS) is 41.6. The van der Waals surface area contributed by atoms with Gasteiger partial charge < -0.3 is 60.8 Å². The van der Waals surface area contributed by atoms with Crippen molar-refractivity contribution in [3.05, 3.63) is 46.5 Å². The van der Waals surface area contributed by atoms with Gasteiger partial charge in [-0.05, 0) is 62.7 Å². The molecule has 10 N–H and O–H groups in total. The van der Waals surface area contributed by atoms with Gasteiger partial charge in [0.2, 0.25) is 0 Å². The third kappa shape index (κ3) is 9.16. The van der Waals surface area contributed by atoms with Crippen LogP contribution in [0.25, 0.3) is 0 Å². The number of aliphatic hydroxyl groups is 6. The smallest absolute Gasteiger partial charge is 0.351 e. The van der Waals surface area contributed by atoms with Crippen molar-refractivity contribution in [1.82, 2.24) is 29.2 Å². The highest BCUT2D eigenvalue weighted by molar-refractivity contribution is 6.01. The van der Waals surface area contributed by atoms with Crippen molar-refractivity contribution in [1.29, 1.82) is 0 Å². The maximum atomic E-state index is 16.9. The molecule has 10 aliphatic rings. The zero-order valence-corrected chi connectivity index (χ0v) is 38.5. The van der Waals surface area contributed by atoms with E-state index in [-0.39, 0.29) is 23.9 Å². The number of allylic oxidation sites excluding steroid dienone is 4. The molecule has 6 aliphatic heterocycles. The van der Waals surface area contributed by atoms with E-state index in [4.69, 9.17) is 30.5 Å². The fourth-order valence-corrected chi connectivity index (χ4v) is 12.4. The molecule has 0 radical (unpaired) electrons. The van der Waals surface area contributed by atoms with Gasteiger partial charge in [-0.1, -0.05) is 25.5 Å². The first-order valence-electron chi connectivity index (χ1n) is 22.7. The van der Waals surface area contributed by atoms with Crippen LogP contribution in [-0.2, 0) is 38.2 Å². The lowest BCUT2D eigenvalue weighted by Crippen LogP contribution is -2.71. The molecule has 0 unspecified atom stereocenters. The molecule has 1 aromatic heterocycles. The molecule has 0 spiro atoms. The minimum atomic E-state index is -1.98. The molecule has 382 valence electrons. The average molecular weight is 980 g/mol. The minimum Gasteiger partial charge on any atom is -0.481 e. The Morgan fingerprint density at radius 2 is 1.49 bits per heavy atom. The van der Waals surface area contributed by atoms with E-state index in [0.717, 1.165) is 4.57 Å². The van der Waals surface area contributed by atoms with Gasteiger partial charge in [-0.2, -0.15) is 4.98 Å². The SMILES string of the molecule is C1N2CN3CN1CN(C2)C3.C[C@@H]1C[C@H]2[C@@H]3CCC4=CC(=O)C=C[C@]4(C)[C@@]3(F)[C@@H](O)C[C@]2(C)[C@@]1(O)C(=O)CO.Nc1ccn([C@@H]2O[C@H](CO)[C@@H](O)[C@@H]2O)c(=O)n1.O=C(O)CC1(CC(=O)O)OCOC1=O. The van der Waals surface area contributed by atoms with E-state index >= 15 is 4.39 Å². The van der Waals surface area contributed by atoms with Crippen LogP contribution in [0.5, 0.6) is 0 Å². The summed E-state index contributed by atoms with van der Waals surface area (Å²) in [5.74, 6) is -5.64. The van der Waals surface area contributed by atoms with Crippen LogP contribution in [0, 0.1) is 28.6 Å². The summed E-state index contributed by atoms with van der Waals surface area (Å²) in [6.45, 7) is 10.7. The molecule has 24 nitrogen and oxygen atoms in total. The Morgan fingerprint density at radius 3 is 1.97 bits per heavy atom. The average Bonchev–Trinajstić information content (AvgIpc) is 3.84. The molecule has 12 atom stereocenters. The van der Waals surface area contributed by atoms with E-state index in [1.165, 1.54) is 64.4 Å². The van der Waals surface area contributed by atoms with Crippen molar-refractivity contribution in [3.8, 4) is 0 Å². The number of carbonyl (C=O) groups is 5. The summed E-state index contributed by atoms with van der Waals surface area (Å²) in [5.41, 5.74) is -2.40. The van der Waals surface area contributed by atoms with Gasteiger partial charge in [0.25, 0.3) is 0 Å². The molecule has 4 bridgehead atoms. The standard InChI is InChI=1S/C22H29FO5.C9H13N3O5.C7H8O7.C6H12N4/c1-12-8-16-15-5-4-13-9-14(25)6-7-19(13,2)21(15,23)17(26)10-20(16,3)22(12,28)18(27)11-24;10-5-1-2-12(9(16)11-5)8-7(15)6(14)4(3-13)17-8;8-4(9)1-7(2-5(10)11)6(12)13-3-14-7;1-7-2-9-4-8(1)5-10(3-7)6-9/h6-7,9,12,15-17,24,26,28H,4-5,8,10-11H2,1-3H3;1-2,4,6-8,13-15H,3H2,(H2,10,11,16);1-3H2,(H,8,9)(H,10,11);1-6H2/t12-,15+,16+,17+,19+,20+,21+,22+;4-,6-,7+,8-;;/m11../s1. The summed E-state index contributed by atoms with van der Waals surface area (Å²) < 4.78 is 32.2. The third-order valence-electron chi connectivity index (χ3n) is 15.6. The predicted molar refractivity (Wildman–Crippen MR) is 232 cm³/mol. The summed E-state index contributed by atoms with van der Waals surface area (Å²) in [7, 11) is 0. The number of fused-ring (bicyclic) bond motifs is 5. The number of carbonyl (C=O) groups excluding carboxylic acids is 3. The number of aromatic nitrogens is 2. The van der Waals surface area contributed by atoms with Gasteiger partial charge in [-0.3, -0.25) is 43.3 Å². The van der Waals surface area contributed by atoms with Crippen molar-refractivity contribution in [2.75, 3.05) is 65.8 Å². The van der Waals surface area contributed by atoms with Crippen LogP contribution < -0.4 is 11.4 Å². The maximum absolute atomic E-state index is 16.9. The van der Waals surface area contributed by atoms with E-state index in [1.54, 1.807) is 26.8 Å². The molecule has 3 saturated carbocycles. The van der Waals surface area contributed by atoms with Gasteiger partial charge in [0.1, 0.15) is 36.3 Å². The summed E-state index contributed by atoms with van der Waals surface area (Å²) in [6.07, 6.45) is -0.248. The number of Topliss-reactive ketones (excluding diaryl/α,β-unsaturated/α-hetero) is 1. The van der Waals surface area contributed by atoms with E-state index in [1.807, 2.05) is 0 Å². The number of anilines is 1. The number of carboxylic acids is 2. The fraction of sp³-hybridized carbons (Fsp3) is 0.705. The summed E-state index contributed by atoms with van der Waals surface area (Å²) in [5, 5.41) is 77.1. The van der Waals surface area contributed by atoms with E-state index in [0.29, 0.717) is 24.8 Å². The van der Waals surface area contributed by atoms with Crippen molar-refractivity contribution in [2.45, 2.75) is 107 Å². The molecular weight excluding hydrogens is 918 g/mol. The number of halogens is 1. The summed E-state index contributed by atoms with van der Waals surface area (Å²) >= 11 is 0. The minimum absolute atomic E-state index is 0.0537. The molecule has 7 heterocycles. The van der Waals surface area contributed by atoms with Crippen LogP contribution in [0.4, 0.5) is 10.2 Å². The Kier molecular flexibility index (Phi) is 14.8. The highest BCUT2D eigenvalue weighted by Crippen LogP contribution is 2.70. The van der Waals surface area contributed by atoms with Gasteiger partial charge >= 0.3 is 23.6 Å². The monoisotopic (exact) mass is 979 g/mol. The van der Waals surface area contributed by atoms with Gasteiger partial charge in [0.05, 0.1) is 65.6 Å². The predicted octanol–water partition coefficient (Wildman–Crippen LogP) is -2.48. The molecule has 69 heavy (non-hydrogen) atoms. The van der Waals surface area contributed by atoms with Crippen molar-refractivity contribution < 1.29 is 83.4 Å². The van der Waals surface area contributed by atoms with Gasteiger partial charge in [0, 0.05) is 22.9 Å². The Labute approximate surface area is 394 Å². The molecule has 0 aromatic carbocycles. The number of cyclic esters (lactones) is 1. The number of esters is 1. The fourth-order valence-electron chi connectivity index (χ4n) is 12.4. The number of nitrogens with zero attached hydrogens (tertiary/aromatic N) is 6. The Balaban J connectivity index is 0.000000146. The van der Waals surface area contributed by atoms with Crippen LogP contribution in [0.15, 0.2) is 40.9 Å². The lowest BCUT2D eigenvalue weighted by Gasteiger charge is -2.62. The third-order valence-corrected chi connectivity index (χ3v) is 15.6. The molecule has 6 saturated heterocycles. The van der Waals surface area contributed by atoms with Crippen molar-refractivity contribution in [2.24, 2.45) is 28.6 Å². The van der Waals surface area contributed by atoms with E-state index in [9.17, 15) is 54.3 Å². The number of carboxylic acid groups (broad SMARTS) is 2. The molecule has 25 heteroatoms. The van der Waals surface area contributed by atoms with Crippen LogP contribution in [-0.4, -0.2) is 201 Å². The van der Waals surface area contributed by atoms with Gasteiger partial charge in [0.15, 0.2) is 35.9 Å². The molecule has 0 amide bonds. The van der Waals surface area contributed by atoms with Crippen LogP contribution in [0.2, 0.25) is 0 Å². The lowest BCUT2D eigenvalue weighted by atomic mass is 9.44. The maximum Gasteiger partial charge on any atom is 0.351 e. The van der Waals surface area contributed by atoms with Gasteiger partial charge in [-0.25, -0.2) is 14.0 Å². The number of hydrogen-bond donors (Lipinski definition) is 9. The quantitative estimate of drug-likeness (QED) is 0.122. The van der Waals surface area contributed by atoms with E-state index in [2.05, 4.69) is 29.3 Å². The van der Waals surface area contributed by atoms with Gasteiger partial charge in [-0.15, -0.1) is 0 Å². The molecule has 9 fully saturated rings. The van der Waals surface area contributed by atoms with Crippen molar-refractivity contribution in [3.63, 3.8) is 0 Å². The Morgan fingerprint density at radius 1 is 0.913 bits per heavy atom. The van der Waals surface area contributed by atoms with Crippen LogP contribution in [0.1, 0.15) is 65.5 Å². The number of alkyl halides is 1. The number of aliphatic carboxylic acids is 2. The first kappa shape index (κ1) is 52.2. The zero-order chi connectivity index (χ0) is 50.6. The lowest BCUT2D eigenvalue weighted by molar-refractivity contribution is -0.219. The first-order valence-corrected chi connectivity index (χ1v) is 22.7. The van der Waals surface area contributed by atoms with E-state index < -0.39 is 132 Å².